The Kier molecular flexibility index (Phi) is 10.2. The molecule has 0 amide bonds. The summed E-state index contributed by atoms with van der Waals surface area (Å²) in [7, 11) is 5.02. The molecule has 0 fully saturated rings. The molecule has 4 rings (SSSR count). The Morgan fingerprint density at radius 3 is 2.00 bits per heavy atom. The van der Waals surface area contributed by atoms with Crippen molar-refractivity contribution in [2.75, 3.05) is 31.5 Å². The van der Waals surface area contributed by atoms with Crippen molar-refractivity contribution in [2.24, 2.45) is 0 Å². The number of aliphatic hydroxyl groups is 2. The van der Waals surface area contributed by atoms with Crippen LogP contribution in [0, 0.1) is 0 Å². The summed E-state index contributed by atoms with van der Waals surface area (Å²) < 4.78 is 10.3. The Morgan fingerprint density at radius 1 is 0.811 bits per heavy atom. The molecule has 12 heteroatoms. The van der Waals surface area contributed by atoms with Crippen molar-refractivity contribution in [3.63, 3.8) is 0 Å². The zero-order chi connectivity index (χ0) is 26.8. The highest BCUT2D eigenvalue weighted by atomic mass is 35.5. The van der Waals surface area contributed by atoms with Crippen LogP contribution in [-0.2, 0) is 13.2 Å². The molecule has 0 spiro atoms. The average molecular weight is 545 g/mol. The van der Waals surface area contributed by atoms with E-state index in [-0.39, 0.29) is 23.8 Å². The van der Waals surface area contributed by atoms with Crippen molar-refractivity contribution in [3.8, 4) is 11.5 Å². The normalized spacial score (nSPS) is 10.2. The maximum atomic E-state index is 9.41. The first kappa shape index (κ1) is 27.9. The molecule has 0 saturated heterocycles. The minimum absolute atomic E-state index is 0.0670. The van der Waals surface area contributed by atoms with Crippen molar-refractivity contribution >= 4 is 46.2 Å². The summed E-state index contributed by atoms with van der Waals surface area (Å²) in [5.41, 5.74) is 3.03. The van der Waals surface area contributed by atoms with E-state index in [1.807, 2.05) is 24.1 Å². The van der Waals surface area contributed by atoms with Gasteiger partial charge in [0, 0.05) is 48.4 Å². The number of nitrogens with zero attached hydrogens (tertiary/aromatic N) is 5. The maximum Gasteiger partial charge on any atom is 0.224 e. The minimum atomic E-state index is -0.0782. The van der Waals surface area contributed by atoms with Gasteiger partial charge in [0.2, 0.25) is 10.6 Å². The predicted octanol–water partition coefficient (Wildman–Crippen LogP) is 4.77. The van der Waals surface area contributed by atoms with Gasteiger partial charge in [-0.15, -0.1) is 0 Å². The molecule has 0 aliphatic rings. The van der Waals surface area contributed by atoms with E-state index in [0.717, 1.165) is 16.8 Å². The number of halogens is 2. The Hall–Kier alpha value is -3.70. The van der Waals surface area contributed by atoms with Gasteiger partial charge < -0.3 is 29.9 Å². The summed E-state index contributed by atoms with van der Waals surface area (Å²) in [5, 5.41) is 22.1. The van der Waals surface area contributed by atoms with E-state index in [1.165, 1.54) is 0 Å². The molecule has 0 unspecified atom stereocenters. The van der Waals surface area contributed by atoms with Crippen LogP contribution in [0.3, 0.4) is 0 Å². The van der Waals surface area contributed by atoms with Gasteiger partial charge in [0.25, 0.3) is 0 Å². The second-order valence-electron chi connectivity index (χ2n) is 7.41. The maximum absolute atomic E-state index is 9.41. The average Bonchev–Trinajstić information content (AvgIpc) is 2.92. The Bertz CT molecular complexity index is 1330. The zero-order valence-electron chi connectivity index (χ0n) is 20.4. The van der Waals surface area contributed by atoms with E-state index in [2.05, 4.69) is 25.3 Å². The van der Waals surface area contributed by atoms with Gasteiger partial charge in [-0.05, 0) is 47.5 Å². The number of nitrogens with one attached hydrogen (secondary N) is 1. The molecule has 10 nitrogen and oxygen atoms in total. The Labute approximate surface area is 224 Å². The minimum Gasteiger partial charge on any atom is -0.497 e. The first-order chi connectivity index (χ1) is 17.9. The van der Waals surface area contributed by atoms with Crippen molar-refractivity contribution in [1.82, 2.24) is 19.9 Å². The molecule has 0 atom stereocenters. The summed E-state index contributed by atoms with van der Waals surface area (Å²) in [6.07, 6.45) is 3.14. The monoisotopic (exact) mass is 544 g/mol. The van der Waals surface area contributed by atoms with Crippen LogP contribution in [0.25, 0.3) is 0 Å². The standard InChI is InChI=1S/C13H14ClN3O2.C12H12ClN3O2/c1-17(12-5-6-15-13(14)16-12)11-7-10(19-2)4-3-9(11)8-18;1-18-9-3-2-8(7-17)10(6-9)15-11-4-5-14-12(13)16-11/h3-7,18H,8H2,1-2H3;2-6,17H,7H2,1H3,(H,14,15,16). The van der Waals surface area contributed by atoms with Crippen LogP contribution >= 0.6 is 23.2 Å². The smallest absolute Gasteiger partial charge is 0.224 e. The molecule has 0 bridgehead atoms. The fourth-order valence-electron chi connectivity index (χ4n) is 3.23. The lowest BCUT2D eigenvalue weighted by molar-refractivity contribution is 0.282. The highest BCUT2D eigenvalue weighted by Crippen LogP contribution is 2.30. The quantitative estimate of drug-likeness (QED) is 0.267. The molecule has 0 aliphatic carbocycles. The van der Waals surface area contributed by atoms with E-state index >= 15 is 0 Å². The lowest BCUT2D eigenvalue weighted by Crippen LogP contribution is -2.13. The lowest BCUT2D eigenvalue weighted by Gasteiger charge is -2.21. The SMILES string of the molecule is COc1ccc(CO)c(N(C)c2ccnc(Cl)n2)c1.COc1ccc(CO)c(Nc2ccnc(Cl)n2)c1. The molecule has 2 aromatic carbocycles. The third-order valence-electron chi connectivity index (χ3n) is 5.16. The molecule has 2 heterocycles. The van der Waals surface area contributed by atoms with Gasteiger partial charge >= 0.3 is 0 Å². The first-order valence-electron chi connectivity index (χ1n) is 10.9. The number of aromatic nitrogens is 4. The Morgan fingerprint density at radius 2 is 1.41 bits per heavy atom. The number of aliphatic hydroxyl groups excluding tert-OH is 2. The number of benzene rings is 2. The first-order valence-corrected chi connectivity index (χ1v) is 11.7. The fourth-order valence-corrected chi connectivity index (χ4v) is 3.52. The van der Waals surface area contributed by atoms with Gasteiger partial charge in [-0.2, -0.15) is 0 Å². The van der Waals surface area contributed by atoms with Gasteiger partial charge in [-0.3, -0.25) is 0 Å². The van der Waals surface area contributed by atoms with Crippen LogP contribution in [0.5, 0.6) is 11.5 Å². The van der Waals surface area contributed by atoms with E-state index in [0.29, 0.717) is 28.8 Å². The highest BCUT2D eigenvalue weighted by molar-refractivity contribution is 6.28. The van der Waals surface area contributed by atoms with Crippen LogP contribution in [0.2, 0.25) is 10.6 Å². The fraction of sp³-hybridized carbons (Fsp3) is 0.200. The van der Waals surface area contributed by atoms with E-state index < -0.39 is 0 Å². The van der Waals surface area contributed by atoms with Gasteiger partial charge in [-0.1, -0.05) is 12.1 Å². The largest absolute Gasteiger partial charge is 0.497 e. The summed E-state index contributed by atoms with van der Waals surface area (Å²) in [6, 6.07) is 14.2. The third-order valence-corrected chi connectivity index (χ3v) is 5.52. The summed E-state index contributed by atoms with van der Waals surface area (Å²) in [4.78, 5) is 17.6. The topological polar surface area (TPSA) is 126 Å². The van der Waals surface area contributed by atoms with Crippen LogP contribution < -0.4 is 19.7 Å². The lowest BCUT2D eigenvalue weighted by atomic mass is 10.1. The number of anilines is 4. The summed E-state index contributed by atoms with van der Waals surface area (Å²) in [6.45, 7) is -0.145. The zero-order valence-corrected chi connectivity index (χ0v) is 21.9. The van der Waals surface area contributed by atoms with Gasteiger partial charge in [0.1, 0.15) is 23.1 Å². The van der Waals surface area contributed by atoms with Crippen molar-refractivity contribution in [2.45, 2.75) is 13.2 Å². The van der Waals surface area contributed by atoms with Crippen molar-refractivity contribution in [1.29, 1.82) is 0 Å². The predicted molar refractivity (Wildman–Crippen MR) is 143 cm³/mol. The third kappa shape index (κ3) is 7.64. The number of ether oxygens (including phenoxy) is 2. The van der Waals surface area contributed by atoms with Crippen LogP contribution in [0.15, 0.2) is 60.9 Å². The van der Waals surface area contributed by atoms with Crippen molar-refractivity contribution in [3.05, 3.63) is 82.6 Å². The molecule has 4 aromatic rings. The number of methoxy groups -OCH3 is 2. The molecule has 0 saturated carbocycles. The van der Waals surface area contributed by atoms with Gasteiger partial charge in [0.15, 0.2) is 0 Å². The van der Waals surface area contributed by atoms with Crippen molar-refractivity contribution < 1.29 is 19.7 Å². The molecule has 3 N–H and O–H groups in total. The molecule has 37 heavy (non-hydrogen) atoms. The molecule has 0 aliphatic heterocycles. The van der Waals surface area contributed by atoms with Crippen LogP contribution in [0.1, 0.15) is 11.1 Å². The molecule has 2 aromatic heterocycles. The van der Waals surface area contributed by atoms with Gasteiger partial charge in [-0.25, -0.2) is 19.9 Å². The molecular formula is C25H26Cl2N6O4. The number of hydrogen-bond donors (Lipinski definition) is 3. The number of rotatable bonds is 8. The van der Waals surface area contributed by atoms with E-state index in [1.54, 1.807) is 63.0 Å². The molecule has 0 radical (unpaired) electrons. The highest BCUT2D eigenvalue weighted by Gasteiger charge is 2.12. The second kappa shape index (κ2) is 13.6. The Balaban J connectivity index is 0.000000206. The molecule has 194 valence electrons. The van der Waals surface area contributed by atoms with Crippen LogP contribution in [0.4, 0.5) is 23.0 Å². The summed E-state index contributed by atoms with van der Waals surface area (Å²) >= 11 is 11.5. The second-order valence-corrected chi connectivity index (χ2v) is 8.09. The van der Waals surface area contributed by atoms with Gasteiger partial charge in [0.05, 0.1) is 33.1 Å². The van der Waals surface area contributed by atoms with E-state index in [9.17, 15) is 10.2 Å². The molecular weight excluding hydrogens is 519 g/mol. The summed E-state index contributed by atoms with van der Waals surface area (Å²) in [5.74, 6) is 2.59. The van der Waals surface area contributed by atoms with Crippen LogP contribution in [-0.4, -0.2) is 51.4 Å². The number of hydrogen-bond acceptors (Lipinski definition) is 10. The van der Waals surface area contributed by atoms with E-state index in [4.69, 9.17) is 32.7 Å².